The number of hydrogen-bond acceptors (Lipinski definition) is 4. The van der Waals surface area contributed by atoms with Crippen molar-refractivity contribution in [2.75, 3.05) is 26.2 Å². The van der Waals surface area contributed by atoms with Crippen molar-refractivity contribution in [3.63, 3.8) is 0 Å². The molecule has 26 heavy (non-hydrogen) atoms. The van der Waals surface area contributed by atoms with E-state index in [1.165, 1.54) is 11.0 Å². The monoisotopic (exact) mass is 361 g/mol. The van der Waals surface area contributed by atoms with Gasteiger partial charge in [0.2, 0.25) is 0 Å². The summed E-state index contributed by atoms with van der Waals surface area (Å²) >= 11 is 0. The lowest BCUT2D eigenvalue weighted by Crippen LogP contribution is -2.65. The molecule has 1 aromatic rings. The van der Waals surface area contributed by atoms with Crippen LogP contribution in [0.4, 0.5) is 9.18 Å². The molecule has 140 valence electrons. The van der Waals surface area contributed by atoms with Gasteiger partial charge in [0.25, 0.3) is 0 Å². The third-order valence-electron chi connectivity index (χ3n) is 5.20. The van der Waals surface area contributed by atoms with Crippen molar-refractivity contribution in [1.29, 1.82) is 5.26 Å². The van der Waals surface area contributed by atoms with Gasteiger partial charge in [-0.3, -0.25) is 4.90 Å². The van der Waals surface area contributed by atoms with Crippen LogP contribution in [-0.2, 0) is 4.74 Å². The number of ether oxygens (including phenoxy) is 1. The van der Waals surface area contributed by atoms with Crippen LogP contribution in [-0.4, -0.2) is 59.3 Å². The summed E-state index contributed by atoms with van der Waals surface area (Å²) < 4.78 is 20.0. The molecule has 0 radical (unpaired) electrons. The minimum absolute atomic E-state index is 0.0104. The number of rotatable bonds is 1. The van der Waals surface area contributed by atoms with E-state index in [1.54, 1.807) is 12.1 Å². The van der Waals surface area contributed by atoms with Crippen LogP contribution in [0.25, 0.3) is 0 Å². The van der Waals surface area contributed by atoms with Gasteiger partial charge in [-0.05, 0) is 23.1 Å². The number of morpholine rings is 1. The fraction of sp³-hybridized carbons (Fsp3) is 0.579. The highest BCUT2D eigenvalue weighted by molar-refractivity contribution is 5.65. The van der Waals surface area contributed by atoms with Gasteiger partial charge in [0, 0.05) is 26.2 Å². The van der Waals surface area contributed by atoms with Crippen LogP contribution in [0, 0.1) is 22.6 Å². The smallest absolute Gasteiger partial charge is 0.407 e. The lowest BCUT2D eigenvalue weighted by Gasteiger charge is -2.53. The number of amides is 1. The normalized spacial score (nSPS) is 26.9. The Bertz CT molecular complexity index is 741. The predicted octanol–water partition coefficient (Wildman–Crippen LogP) is 2.85. The highest BCUT2D eigenvalue weighted by Crippen LogP contribution is 2.38. The third-order valence-corrected chi connectivity index (χ3v) is 5.20. The molecule has 2 saturated heterocycles. The second-order valence-corrected chi connectivity index (χ2v) is 8.05. The minimum Gasteiger partial charge on any atom is -0.465 e. The molecule has 0 aromatic heterocycles. The lowest BCUT2D eigenvalue weighted by atomic mass is 9.81. The van der Waals surface area contributed by atoms with E-state index >= 15 is 0 Å². The zero-order valence-electron chi connectivity index (χ0n) is 15.3. The van der Waals surface area contributed by atoms with E-state index in [2.05, 4.69) is 25.7 Å². The van der Waals surface area contributed by atoms with Crippen LogP contribution in [0.3, 0.4) is 0 Å². The Morgan fingerprint density at radius 3 is 2.69 bits per heavy atom. The first-order valence-electron chi connectivity index (χ1n) is 8.77. The molecule has 2 aliphatic heterocycles. The van der Waals surface area contributed by atoms with E-state index in [4.69, 9.17) is 10.00 Å². The number of halogens is 1. The first-order chi connectivity index (χ1) is 12.2. The number of nitrogens with zero attached hydrogens (tertiary/aromatic N) is 3. The number of nitriles is 1. The number of piperazine rings is 1. The van der Waals surface area contributed by atoms with E-state index in [1.807, 2.05) is 6.07 Å². The highest BCUT2D eigenvalue weighted by atomic mass is 19.1. The zero-order valence-corrected chi connectivity index (χ0v) is 15.3. The molecule has 0 spiro atoms. The Labute approximate surface area is 152 Å². The molecule has 3 rings (SSSR count). The Morgan fingerprint density at radius 1 is 1.35 bits per heavy atom. The summed E-state index contributed by atoms with van der Waals surface area (Å²) in [7, 11) is 0. The van der Waals surface area contributed by atoms with Gasteiger partial charge >= 0.3 is 6.09 Å². The van der Waals surface area contributed by atoms with Crippen LogP contribution in [0.1, 0.15) is 38.0 Å². The molecule has 0 saturated carbocycles. The molecule has 0 aliphatic carbocycles. The maximum absolute atomic E-state index is 13.7. The van der Waals surface area contributed by atoms with Crippen LogP contribution >= 0.6 is 0 Å². The number of fused-ring (bicyclic) bond motifs is 1. The number of carbonyl (C=O) groups is 1. The van der Waals surface area contributed by atoms with Crippen molar-refractivity contribution in [2.24, 2.45) is 5.41 Å². The molecular weight excluding hydrogens is 337 g/mol. The fourth-order valence-corrected chi connectivity index (χ4v) is 3.85. The van der Waals surface area contributed by atoms with E-state index in [-0.39, 0.29) is 29.2 Å². The Hall–Kier alpha value is -2.17. The largest absolute Gasteiger partial charge is 0.465 e. The lowest BCUT2D eigenvalue weighted by molar-refractivity contribution is -0.173. The third kappa shape index (κ3) is 3.53. The second-order valence-electron chi connectivity index (χ2n) is 8.05. The number of benzene rings is 1. The zero-order chi connectivity index (χ0) is 19.1. The molecule has 2 heterocycles. The topological polar surface area (TPSA) is 76.8 Å². The second kappa shape index (κ2) is 6.86. The van der Waals surface area contributed by atoms with Gasteiger partial charge in [-0.1, -0.05) is 26.8 Å². The average Bonchev–Trinajstić information content (AvgIpc) is 2.59. The molecule has 3 atom stereocenters. The molecule has 1 unspecified atom stereocenters. The summed E-state index contributed by atoms with van der Waals surface area (Å²) in [6.07, 6.45) is -1.37. The van der Waals surface area contributed by atoms with Crippen LogP contribution in [0.2, 0.25) is 0 Å². The minimum atomic E-state index is -0.906. The van der Waals surface area contributed by atoms with Gasteiger partial charge in [0.1, 0.15) is 11.9 Å². The molecule has 1 N–H and O–H groups in total. The molecule has 1 aromatic carbocycles. The molecule has 1 amide bonds. The highest BCUT2D eigenvalue weighted by Gasteiger charge is 2.46. The summed E-state index contributed by atoms with van der Waals surface area (Å²) in [6, 6.07) is 6.37. The van der Waals surface area contributed by atoms with Crippen molar-refractivity contribution in [1.82, 2.24) is 9.80 Å². The van der Waals surface area contributed by atoms with Crippen LogP contribution in [0.15, 0.2) is 18.2 Å². The van der Waals surface area contributed by atoms with Gasteiger partial charge in [-0.15, -0.1) is 0 Å². The van der Waals surface area contributed by atoms with Gasteiger partial charge in [-0.2, -0.15) is 5.26 Å². The van der Waals surface area contributed by atoms with E-state index in [0.717, 1.165) is 5.56 Å². The maximum Gasteiger partial charge on any atom is 0.407 e. The van der Waals surface area contributed by atoms with Crippen molar-refractivity contribution < 1.29 is 19.0 Å². The summed E-state index contributed by atoms with van der Waals surface area (Å²) in [5, 5.41) is 18.4. The SMILES string of the molecule is CC(C)(C)C1O[C@H](c2ccc(F)c(C#N)c2)CN2CCN(C(=O)O)C[C@H]12. The van der Waals surface area contributed by atoms with Crippen molar-refractivity contribution in [2.45, 2.75) is 39.0 Å². The molecule has 2 aliphatic rings. The first kappa shape index (κ1) is 18.6. The van der Waals surface area contributed by atoms with Gasteiger partial charge < -0.3 is 14.7 Å². The number of hydrogen-bond donors (Lipinski definition) is 1. The van der Waals surface area contributed by atoms with Crippen molar-refractivity contribution >= 4 is 6.09 Å². The molecule has 6 nitrogen and oxygen atoms in total. The Balaban J connectivity index is 1.89. The summed E-state index contributed by atoms with van der Waals surface area (Å²) in [5.74, 6) is -0.535. The fourth-order valence-electron chi connectivity index (χ4n) is 3.85. The molecular formula is C19H24FN3O3. The summed E-state index contributed by atoms with van der Waals surface area (Å²) in [4.78, 5) is 15.1. The number of carboxylic acid groups (broad SMARTS) is 1. The van der Waals surface area contributed by atoms with Crippen molar-refractivity contribution in [3.05, 3.63) is 35.1 Å². The molecule has 7 heteroatoms. The van der Waals surface area contributed by atoms with Gasteiger partial charge in [-0.25, -0.2) is 9.18 Å². The summed E-state index contributed by atoms with van der Waals surface area (Å²) in [5.41, 5.74) is 0.591. The van der Waals surface area contributed by atoms with E-state index < -0.39 is 11.9 Å². The van der Waals surface area contributed by atoms with E-state index in [9.17, 15) is 14.3 Å². The van der Waals surface area contributed by atoms with Crippen LogP contribution < -0.4 is 0 Å². The standard InChI is InChI=1S/C19H24FN3O3/c1-19(2,3)17-15-10-23(18(24)25)7-6-22(15)11-16(26-17)12-4-5-14(20)13(8-12)9-21/h4-5,8,15-17H,6-7,10-11H2,1-3H3,(H,24,25)/t15-,16+,17?/m1/s1. The van der Waals surface area contributed by atoms with Crippen LogP contribution in [0.5, 0.6) is 0 Å². The van der Waals surface area contributed by atoms with E-state index in [0.29, 0.717) is 26.2 Å². The Morgan fingerprint density at radius 2 is 2.08 bits per heavy atom. The average molecular weight is 361 g/mol. The predicted molar refractivity (Wildman–Crippen MR) is 93.1 cm³/mol. The molecule has 0 bridgehead atoms. The Kier molecular flexibility index (Phi) is 4.91. The first-order valence-corrected chi connectivity index (χ1v) is 8.77. The maximum atomic E-state index is 13.7. The van der Waals surface area contributed by atoms with Gasteiger partial charge in [0.15, 0.2) is 0 Å². The quantitative estimate of drug-likeness (QED) is 0.832. The summed E-state index contributed by atoms with van der Waals surface area (Å²) in [6.45, 7) is 8.33. The van der Waals surface area contributed by atoms with Gasteiger partial charge in [0.05, 0.1) is 23.8 Å². The molecule has 2 fully saturated rings. The van der Waals surface area contributed by atoms with Crippen molar-refractivity contribution in [3.8, 4) is 6.07 Å².